The van der Waals surface area contributed by atoms with Crippen LogP contribution in [0, 0.1) is 0 Å². The molecule has 0 amide bonds. The number of aliphatic hydroxyl groups is 1. The standard InChI is InChI=1S/C3H9NOS/c4-1-3(5)2-6/h3,5-6H,1-2,4H2/t3-/m0/s1. The first-order valence-electron chi connectivity index (χ1n) is 1.80. The van der Waals surface area contributed by atoms with E-state index in [4.69, 9.17) is 10.8 Å². The topological polar surface area (TPSA) is 46.2 Å². The third-order valence-corrected chi connectivity index (χ3v) is 0.904. The van der Waals surface area contributed by atoms with E-state index < -0.39 is 6.10 Å². The summed E-state index contributed by atoms with van der Waals surface area (Å²) >= 11 is 3.77. The highest BCUT2D eigenvalue weighted by atomic mass is 32.1. The van der Waals surface area contributed by atoms with Gasteiger partial charge in [-0.3, -0.25) is 0 Å². The maximum Gasteiger partial charge on any atom is 0.0750 e. The van der Waals surface area contributed by atoms with E-state index in [1.165, 1.54) is 0 Å². The van der Waals surface area contributed by atoms with Gasteiger partial charge in [-0.25, -0.2) is 0 Å². The normalized spacial score (nSPS) is 14.5. The predicted molar refractivity (Wildman–Crippen MR) is 28.9 cm³/mol. The lowest BCUT2D eigenvalue weighted by Crippen LogP contribution is -2.20. The second-order valence-corrected chi connectivity index (χ2v) is 1.44. The Morgan fingerprint density at radius 3 is 2.33 bits per heavy atom. The molecule has 1 atom stereocenters. The quantitative estimate of drug-likeness (QED) is 0.406. The van der Waals surface area contributed by atoms with Crippen LogP contribution in [0.1, 0.15) is 0 Å². The van der Waals surface area contributed by atoms with Gasteiger partial charge in [-0.1, -0.05) is 0 Å². The Hall–Kier alpha value is 0.270. The molecular formula is C3H9NOS. The van der Waals surface area contributed by atoms with Crippen molar-refractivity contribution in [1.82, 2.24) is 0 Å². The van der Waals surface area contributed by atoms with Gasteiger partial charge in [-0.15, -0.1) is 0 Å². The molecule has 0 aromatic heterocycles. The zero-order valence-electron chi connectivity index (χ0n) is 3.46. The van der Waals surface area contributed by atoms with Crippen LogP contribution in [-0.2, 0) is 0 Å². The molecule has 0 spiro atoms. The highest BCUT2D eigenvalue weighted by molar-refractivity contribution is 7.80. The summed E-state index contributed by atoms with van der Waals surface area (Å²) in [6, 6.07) is 0. The second kappa shape index (κ2) is 3.46. The summed E-state index contributed by atoms with van der Waals surface area (Å²) in [4.78, 5) is 0. The van der Waals surface area contributed by atoms with Gasteiger partial charge >= 0.3 is 0 Å². The predicted octanol–water partition coefficient (Wildman–Crippen LogP) is -0.764. The van der Waals surface area contributed by atoms with E-state index in [0.717, 1.165) is 0 Å². The minimum absolute atomic E-state index is 0.309. The maximum absolute atomic E-state index is 8.47. The van der Waals surface area contributed by atoms with Crippen LogP contribution in [0.4, 0.5) is 0 Å². The average molecular weight is 107 g/mol. The minimum Gasteiger partial charge on any atom is -0.391 e. The molecule has 3 N–H and O–H groups in total. The SMILES string of the molecule is NC[C@H](O)CS. The molecule has 0 aromatic carbocycles. The summed E-state index contributed by atoms with van der Waals surface area (Å²) in [5, 5.41) is 8.47. The van der Waals surface area contributed by atoms with Gasteiger partial charge in [0.15, 0.2) is 0 Å². The van der Waals surface area contributed by atoms with Crippen LogP contribution in [-0.4, -0.2) is 23.5 Å². The third kappa shape index (κ3) is 2.50. The highest BCUT2D eigenvalue weighted by Gasteiger charge is 1.91. The summed E-state index contributed by atoms with van der Waals surface area (Å²) in [5.74, 6) is 0.455. The summed E-state index contributed by atoms with van der Waals surface area (Å²) in [6.07, 6.45) is -0.423. The van der Waals surface area contributed by atoms with Crippen molar-refractivity contribution >= 4 is 12.6 Å². The van der Waals surface area contributed by atoms with Gasteiger partial charge in [-0.2, -0.15) is 12.6 Å². The van der Waals surface area contributed by atoms with Crippen molar-refractivity contribution in [3.05, 3.63) is 0 Å². The van der Waals surface area contributed by atoms with E-state index in [2.05, 4.69) is 12.6 Å². The van der Waals surface area contributed by atoms with Crippen LogP contribution in [0.2, 0.25) is 0 Å². The number of nitrogens with two attached hydrogens (primary N) is 1. The van der Waals surface area contributed by atoms with Gasteiger partial charge in [0.05, 0.1) is 6.10 Å². The Morgan fingerprint density at radius 1 is 1.83 bits per heavy atom. The second-order valence-electron chi connectivity index (χ2n) is 1.07. The Labute approximate surface area is 42.8 Å². The first-order valence-corrected chi connectivity index (χ1v) is 2.43. The Kier molecular flexibility index (Phi) is 3.62. The molecule has 0 saturated heterocycles. The molecule has 0 aliphatic carbocycles. The highest BCUT2D eigenvalue weighted by Crippen LogP contribution is 1.79. The molecule has 2 nitrogen and oxygen atoms in total. The van der Waals surface area contributed by atoms with E-state index in [-0.39, 0.29) is 0 Å². The summed E-state index contributed by atoms with van der Waals surface area (Å²) in [7, 11) is 0. The first kappa shape index (κ1) is 6.27. The number of aliphatic hydroxyl groups excluding tert-OH is 1. The van der Waals surface area contributed by atoms with Crippen LogP contribution >= 0.6 is 12.6 Å². The van der Waals surface area contributed by atoms with Crippen molar-refractivity contribution in [2.75, 3.05) is 12.3 Å². The summed E-state index contributed by atoms with van der Waals surface area (Å²) in [6.45, 7) is 0.309. The number of rotatable bonds is 2. The third-order valence-electron chi connectivity index (χ3n) is 0.483. The van der Waals surface area contributed by atoms with Crippen LogP contribution in [0.25, 0.3) is 0 Å². The van der Waals surface area contributed by atoms with Gasteiger partial charge in [-0.05, 0) is 0 Å². The number of hydrogen-bond donors (Lipinski definition) is 3. The molecule has 0 saturated carbocycles. The lowest BCUT2D eigenvalue weighted by molar-refractivity contribution is 0.208. The molecule has 0 rings (SSSR count). The monoisotopic (exact) mass is 107 g/mol. The fourth-order valence-electron chi connectivity index (χ4n) is 0.0745. The van der Waals surface area contributed by atoms with Crippen molar-refractivity contribution in [3.8, 4) is 0 Å². The lowest BCUT2D eigenvalue weighted by atomic mass is 10.4. The van der Waals surface area contributed by atoms with E-state index >= 15 is 0 Å². The van der Waals surface area contributed by atoms with Gasteiger partial charge < -0.3 is 10.8 Å². The van der Waals surface area contributed by atoms with E-state index in [1.807, 2.05) is 0 Å². The van der Waals surface area contributed by atoms with Crippen LogP contribution in [0.5, 0.6) is 0 Å². The fourth-order valence-corrected chi connectivity index (χ4v) is 0.224. The largest absolute Gasteiger partial charge is 0.391 e. The molecule has 0 bridgehead atoms. The van der Waals surface area contributed by atoms with E-state index in [1.54, 1.807) is 0 Å². The van der Waals surface area contributed by atoms with Gasteiger partial charge in [0.1, 0.15) is 0 Å². The van der Waals surface area contributed by atoms with Crippen molar-refractivity contribution in [1.29, 1.82) is 0 Å². The van der Waals surface area contributed by atoms with Gasteiger partial charge in [0.2, 0.25) is 0 Å². The molecule has 0 heterocycles. The van der Waals surface area contributed by atoms with E-state index in [0.29, 0.717) is 12.3 Å². The van der Waals surface area contributed by atoms with Gasteiger partial charge in [0.25, 0.3) is 0 Å². The van der Waals surface area contributed by atoms with Crippen LogP contribution in [0.3, 0.4) is 0 Å². The summed E-state index contributed by atoms with van der Waals surface area (Å²) in [5.41, 5.74) is 4.98. The molecule has 0 fully saturated rings. The zero-order valence-corrected chi connectivity index (χ0v) is 4.36. The molecule has 0 aromatic rings. The Bertz CT molecular complexity index is 30.0. The Balaban J connectivity index is 2.75. The maximum atomic E-state index is 8.47. The molecule has 0 aliphatic rings. The van der Waals surface area contributed by atoms with E-state index in [9.17, 15) is 0 Å². The molecule has 6 heavy (non-hydrogen) atoms. The van der Waals surface area contributed by atoms with Crippen LogP contribution in [0.15, 0.2) is 0 Å². The molecule has 0 radical (unpaired) electrons. The molecule has 38 valence electrons. The van der Waals surface area contributed by atoms with Crippen molar-refractivity contribution < 1.29 is 5.11 Å². The average Bonchev–Trinajstić information content (AvgIpc) is 1.65. The first-order chi connectivity index (χ1) is 2.81. The number of hydrogen-bond acceptors (Lipinski definition) is 3. The molecule has 0 unspecified atom stereocenters. The minimum atomic E-state index is -0.423. The molecule has 0 aliphatic heterocycles. The van der Waals surface area contributed by atoms with Crippen molar-refractivity contribution in [2.24, 2.45) is 5.73 Å². The summed E-state index contributed by atoms with van der Waals surface area (Å²) < 4.78 is 0. The van der Waals surface area contributed by atoms with Crippen molar-refractivity contribution in [2.45, 2.75) is 6.10 Å². The van der Waals surface area contributed by atoms with Gasteiger partial charge in [0, 0.05) is 12.3 Å². The fraction of sp³-hybridized carbons (Fsp3) is 1.00. The molecular weight excluding hydrogens is 98.1 g/mol. The smallest absolute Gasteiger partial charge is 0.0750 e. The molecule has 3 heteroatoms. The number of thiol groups is 1. The zero-order chi connectivity index (χ0) is 4.99. The van der Waals surface area contributed by atoms with Crippen molar-refractivity contribution in [3.63, 3.8) is 0 Å². The van der Waals surface area contributed by atoms with Crippen LogP contribution < -0.4 is 5.73 Å². The lowest BCUT2D eigenvalue weighted by Gasteiger charge is -1.97. The Morgan fingerprint density at radius 2 is 2.33 bits per heavy atom.